The van der Waals surface area contributed by atoms with E-state index in [1.54, 1.807) is 0 Å². The van der Waals surface area contributed by atoms with Gasteiger partial charge in [0.1, 0.15) is 16.9 Å². The Morgan fingerprint density at radius 1 is 1.11 bits per heavy atom. The first-order valence-corrected chi connectivity index (χ1v) is 13.0. The predicted octanol–water partition coefficient (Wildman–Crippen LogP) is 3.37. The summed E-state index contributed by atoms with van der Waals surface area (Å²) in [6.07, 6.45) is 3.41. The highest BCUT2D eigenvalue weighted by molar-refractivity contribution is 6.03. The van der Waals surface area contributed by atoms with Crippen molar-refractivity contribution >= 4 is 23.5 Å². The summed E-state index contributed by atoms with van der Waals surface area (Å²) >= 11 is 0. The van der Waals surface area contributed by atoms with E-state index >= 15 is 0 Å². The van der Waals surface area contributed by atoms with Gasteiger partial charge in [0.25, 0.3) is 11.8 Å². The quantitative estimate of drug-likeness (QED) is 0.346. The Morgan fingerprint density at radius 2 is 1.79 bits per heavy atom. The molecule has 0 radical (unpaired) electrons. The number of nitrogens with two attached hydrogens (primary N) is 1. The van der Waals surface area contributed by atoms with Crippen molar-refractivity contribution in [2.75, 3.05) is 11.9 Å². The van der Waals surface area contributed by atoms with E-state index in [1.807, 2.05) is 61.0 Å². The minimum Gasteiger partial charge on any atom is -0.368 e. The van der Waals surface area contributed by atoms with Crippen LogP contribution in [0.15, 0.2) is 60.8 Å². The monoisotopic (exact) mass is 516 g/mol. The second-order valence-corrected chi connectivity index (χ2v) is 10.4. The fourth-order valence-corrected chi connectivity index (χ4v) is 5.12. The lowest BCUT2D eigenvalue weighted by atomic mass is 9.85. The maximum absolute atomic E-state index is 13.9. The van der Waals surface area contributed by atoms with Crippen LogP contribution in [0.25, 0.3) is 0 Å². The molecule has 9 nitrogen and oxygen atoms in total. The van der Waals surface area contributed by atoms with Crippen LogP contribution in [0.5, 0.6) is 0 Å². The number of nitrogens with zero attached hydrogens (tertiary/aromatic N) is 2. The van der Waals surface area contributed by atoms with E-state index in [0.717, 1.165) is 24.0 Å². The Kier molecular flexibility index (Phi) is 7.57. The summed E-state index contributed by atoms with van der Waals surface area (Å²) in [5.41, 5.74) is 6.68. The summed E-state index contributed by atoms with van der Waals surface area (Å²) in [7, 11) is 0. The van der Waals surface area contributed by atoms with Crippen LogP contribution in [0, 0.1) is 0 Å². The number of fused-ring (bicyclic) bond motifs is 1. The van der Waals surface area contributed by atoms with Crippen molar-refractivity contribution < 1.29 is 14.4 Å². The molecule has 0 fully saturated rings. The molecule has 1 aliphatic heterocycles. The molecule has 1 aromatic heterocycles. The van der Waals surface area contributed by atoms with Crippen molar-refractivity contribution in [3.8, 4) is 0 Å². The maximum Gasteiger partial charge on any atom is 0.257 e. The molecule has 38 heavy (non-hydrogen) atoms. The highest BCUT2D eigenvalue weighted by atomic mass is 16.2. The topological polar surface area (TPSA) is 131 Å². The summed E-state index contributed by atoms with van der Waals surface area (Å²) in [5.74, 6) is -1.02. The van der Waals surface area contributed by atoms with Crippen molar-refractivity contribution in [1.29, 1.82) is 0 Å². The molecule has 1 aliphatic rings. The van der Waals surface area contributed by atoms with Crippen molar-refractivity contribution in [2.24, 2.45) is 5.73 Å². The first-order chi connectivity index (χ1) is 18.1. The van der Waals surface area contributed by atoms with E-state index in [0.29, 0.717) is 16.9 Å². The number of nitrogens with one attached hydrogen (secondary N) is 3. The van der Waals surface area contributed by atoms with Gasteiger partial charge < -0.3 is 21.7 Å². The number of rotatable bonds is 9. The number of benzene rings is 2. The van der Waals surface area contributed by atoms with Crippen LogP contribution >= 0.6 is 0 Å². The van der Waals surface area contributed by atoms with Crippen LogP contribution in [0.3, 0.4) is 0 Å². The van der Waals surface area contributed by atoms with Crippen LogP contribution in [0.2, 0.25) is 0 Å². The number of carbonyl (C=O) groups excluding carboxylic acids is 3. The van der Waals surface area contributed by atoms with E-state index in [2.05, 4.69) is 47.0 Å². The molecule has 200 valence electrons. The highest BCUT2D eigenvalue weighted by Gasteiger charge is 2.42. The van der Waals surface area contributed by atoms with Crippen LogP contribution in [0.1, 0.15) is 73.6 Å². The van der Waals surface area contributed by atoms with Gasteiger partial charge in [-0.05, 0) is 49.8 Å². The number of aromatic nitrogens is 2. The van der Waals surface area contributed by atoms with Gasteiger partial charge in [-0.1, -0.05) is 68.4 Å². The molecular weight excluding hydrogens is 480 g/mol. The van der Waals surface area contributed by atoms with E-state index < -0.39 is 23.3 Å². The largest absolute Gasteiger partial charge is 0.368 e. The summed E-state index contributed by atoms with van der Waals surface area (Å²) in [6.45, 7) is 7.71. The van der Waals surface area contributed by atoms with Gasteiger partial charge in [0.15, 0.2) is 0 Å². The predicted molar refractivity (Wildman–Crippen MR) is 146 cm³/mol. The molecule has 2 heterocycles. The summed E-state index contributed by atoms with van der Waals surface area (Å²) in [5, 5.41) is 13.6. The summed E-state index contributed by atoms with van der Waals surface area (Å²) < 4.78 is 1.83. The second kappa shape index (κ2) is 10.7. The lowest BCUT2D eigenvalue weighted by Gasteiger charge is -2.38. The third-order valence-electron chi connectivity index (χ3n) is 7.33. The van der Waals surface area contributed by atoms with Gasteiger partial charge in [0, 0.05) is 0 Å². The fraction of sp³-hybridized carbons (Fsp3) is 0.379. The summed E-state index contributed by atoms with van der Waals surface area (Å²) in [4.78, 5) is 38.8. The van der Waals surface area contributed by atoms with Gasteiger partial charge in [0.05, 0.1) is 24.3 Å². The lowest BCUT2D eigenvalue weighted by Crippen LogP contribution is -2.57. The average molecular weight is 517 g/mol. The molecule has 9 heteroatoms. The number of amides is 3. The third kappa shape index (κ3) is 5.14. The zero-order valence-corrected chi connectivity index (χ0v) is 22.4. The third-order valence-corrected chi connectivity index (χ3v) is 7.33. The molecule has 0 spiro atoms. The van der Waals surface area contributed by atoms with Crippen molar-refractivity contribution in [1.82, 2.24) is 20.4 Å². The van der Waals surface area contributed by atoms with E-state index in [9.17, 15) is 14.4 Å². The molecule has 2 aromatic carbocycles. The molecule has 3 aromatic rings. The Bertz CT molecular complexity index is 1320. The van der Waals surface area contributed by atoms with Gasteiger partial charge in [-0.25, -0.2) is 4.68 Å². The number of aryl methyl sites for hydroxylation is 1. The van der Waals surface area contributed by atoms with E-state index in [1.165, 1.54) is 6.20 Å². The average Bonchev–Trinajstić information content (AvgIpc) is 3.36. The second-order valence-electron chi connectivity index (χ2n) is 10.4. The Morgan fingerprint density at radius 3 is 2.39 bits per heavy atom. The molecule has 0 saturated heterocycles. The number of primary amides is 1. The minimum absolute atomic E-state index is 0.0154. The Labute approximate surface area is 223 Å². The van der Waals surface area contributed by atoms with Crippen molar-refractivity contribution in [2.45, 2.75) is 64.1 Å². The van der Waals surface area contributed by atoms with Crippen molar-refractivity contribution in [3.05, 3.63) is 83.0 Å². The van der Waals surface area contributed by atoms with Crippen LogP contribution < -0.4 is 21.7 Å². The van der Waals surface area contributed by atoms with Gasteiger partial charge in [0.2, 0.25) is 5.91 Å². The minimum atomic E-state index is -1.42. The number of hydrogen-bond acceptors (Lipinski definition) is 5. The SMILES string of the molecule is CCc1ccc(C(CC)(NC(=O)c2cnn3c2N[C@@H](c2ccccc2)CC3(C)C)C(=O)NCC(N)=O)cc1. The Balaban J connectivity index is 1.71. The molecule has 2 atom stereocenters. The fourth-order valence-electron chi connectivity index (χ4n) is 5.12. The molecule has 0 bridgehead atoms. The molecule has 0 saturated carbocycles. The van der Waals surface area contributed by atoms with Crippen LogP contribution in [-0.4, -0.2) is 34.0 Å². The van der Waals surface area contributed by atoms with E-state index in [-0.39, 0.29) is 24.5 Å². The van der Waals surface area contributed by atoms with E-state index in [4.69, 9.17) is 5.73 Å². The van der Waals surface area contributed by atoms with Gasteiger partial charge in [-0.15, -0.1) is 0 Å². The Hall–Kier alpha value is -4.14. The molecular formula is C29H36N6O3. The number of anilines is 1. The normalized spacial score (nSPS) is 17.4. The molecule has 3 amide bonds. The first kappa shape index (κ1) is 26.9. The number of carbonyl (C=O) groups is 3. The number of hydrogen-bond donors (Lipinski definition) is 4. The van der Waals surface area contributed by atoms with Gasteiger partial charge in [-0.3, -0.25) is 14.4 Å². The highest BCUT2D eigenvalue weighted by Crippen LogP contribution is 2.40. The zero-order chi connectivity index (χ0) is 27.5. The maximum atomic E-state index is 13.9. The van der Waals surface area contributed by atoms with Crippen molar-refractivity contribution in [3.63, 3.8) is 0 Å². The van der Waals surface area contributed by atoms with Gasteiger partial charge >= 0.3 is 0 Å². The van der Waals surface area contributed by atoms with Crippen LogP contribution in [0.4, 0.5) is 5.82 Å². The molecule has 5 N–H and O–H groups in total. The molecule has 0 aliphatic carbocycles. The first-order valence-electron chi connectivity index (χ1n) is 13.0. The molecule has 1 unspecified atom stereocenters. The lowest BCUT2D eigenvalue weighted by molar-refractivity contribution is -0.130. The molecule has 4 rings (SSSR count). The zero-order valence-electron chi connectivity index (χ0n) is 22.4. The smallest absolute Gasteiger partial charge is 0.257 e. The summed E-state index contributed by atoms with van der Waals surface area (Å²) in [6, 6.07) is 17.6. The van der Waals surface area contributed by atoms with Gasteiger partial charge in [-0.2, -0.15) is 5.10 Å². The standard InChI is InChI=1S/C29H36N6O3/c1-5-19-12-14-21(15-13-19)29(6-2,27(38)31-18-24(30)36)34-26(37)22-17-32-35-25(22)33-23(16-28(35,3)4)20-10-8-7-9-11-20/h7-15,17,23,33H,5-6,16,18H2,1-4H3,(H2,30,36)(H,31,38)(H,34,37)/t23-,29?/m1/s1. The van der Waals surface area contributed by atoms with Crippen LogP contribution in [-0.2, 0) is 27.1 Å².